The molecule has 0 bridgehead atoms. The summed E-state index contributed by atoms with van der Waals surface area (Å²) in [6, 6.07) is 12.8. The van der Waals surface area contributed by atoms with E-state index in [1.54, 1.807) is 12.1 Å². The van der Waals surface area contributed by atoms with Crippen LogP contribution in [0.25, 0.3) is 11.1 Å². The van der Waals surface area contributed by atoms with E-state index in [0.29, 0.717) is 6.54 Å². The molecule has 0 aliphatic heterocycles. The van der Waals surface area contributed by atoms with Gasteiger partial charge in [-0.05, 0) is 54.3 Å². The van der Waals surface area contributed by atoms with Gasteiger partial charge in [0, 0.05) is 12.1 Å². The Labute approximate surface area is 112 Å². The van der Waals surface area contributed by atoms with Gasteiger partial charge < -0.3 is 5.73 Å². The van der Waals surface area contributed by atoms with Crippen molar-refractivity contribution < 1.29 is 4.92 Å². The van der Waals surface area contributed by atoms with Gasteiger partial charge in [-0.25, -0.2) is 0 Å². The predicted octanol–water partition coefficient (Wildman–Crippen LogP) is 3.07. The zero-order chi connectivity index (χ0) is 13.8. The molecule has 4 nitrogen and oxygen atoms in total. The van der Waals surface area contributed by atoms with Crippen LogP contribution in [0.3, 0.4) is 0 Å². The minimum atomic E-state index is -0.386. The van der Waals surface area contributed by atoms with Crippen molar-refractivity contribution in [2.24, 2.45) is 5.73 Å². The highest BCUT2D eigenvalue weighted by atomic mass is 16.6. The van der Waals surface area contributed by atoms with Gasteiger partial charge in [-0.15, -0.1) is 0 Å². The van der Waals surface area contributed by atoms with Gasteiger partial charge in [0.05, 0.1) is 4.92 Å². The Bertz CT molecular complexity index is 592. The lowest BCUT2D eigenvalue weighted by atomic mass is 9.93. The van der Waals surface area contributed by atoms with Crippen molar-refractivity contribution in [1.82, 2.24) is 0 Å². The molecule has 2 aromatic carbocycles. The van der Waals surface area contributed by atoms with E-state index >= 15 is 0 Å². The highest BCUT2D eigenvalue weighted by Gasteiger charge is 2.10. The Kier molecular flexibility index (Phi) is 3.92. The predicted molar refractivity (Wildman–Crippen MR) is 76.0 cm³/mol. The third-order valence-corrected chi connectivity index (χ3v) is 3.14. The molecule has 0 amide bonds. The maximum Gasteiger partial charge on any atom is 0.269 e. The Morgan fingerprint density at radius 2 is 1.84 bits per heavy atom. The van der Waals surface area contributed by atoms with E-state index in [0.717, 1.165) is 23.1 Å². The molecule has 0 heterocycles. The molecule has 98 valence electrons. The summed E-state index contributed by atoms with van der Waals surface area (Å²) >= 11 is 0. The highest BCUT2D eigenvalue weighted by molar-refractivity contribution is 5.71. The quantitative estimate of drug-likeness (QED) is 0.675. The Morgan fingerprint density at radius 1 is 1.16 bits per heavy atom. The standard InChI is InChI=1S/C15H16N2O2/c1-11-3-2-4-12(9-10-16)15(11)13-5-7-14(8-6-13)17(18)19/h2-8H,9-10,16H2,1H3. The summed E-state index contributed by atoms with van der Waals surface area (Å²) in [5.74, 6) is 0. The maximum absolute atomic E-state index is 10.7. The van der Waals surface area contributed by atoms with Crippen LogP contribution < -0.4 is 5.73 Å². The van der Waals surface area contributed by atoms with E-state index in [1.807, 2.05) is 19.1 Å². The Morgan fingerprint density at radius 3 is 2.42 bits per heavy atom. The van der Waals surface area contributed by atoms with Crippen molar-refractivity contribution in [3.63, 3.8) is 0 Å². The van der Waals surface area contributed by atoms with Crippen LogP contribution >= 0.6 is 0 Å². The number of nitro groups is 1. The smallest absolute Gasteiger partial charge is 0.269 e. The number of hydrogen-bond donors (Lipinski definition) is 1. The molecule has 0 saturated heterocycles. The second-order valence-corrected chi connectivity index (χ2v) is 4.45. The van der Waals surface area contributed by atoms with Crippen molar-refractivity contribution in [2.45, 2.75) is 13.3 Å². The minimum Gasteiger partial charge on any atom is -0.330 e. The summed E-state index contributed by atoms with van der Waals surface area (Å²) in [5, 5.41) is 10.7. The number of rotatable bonds is 4. The number of nitrogens with two attached hydrogens (primary N) is 1. The van der Waals surface area contributed by atoms with Crippen LogP contribution in [-0.4, -0.2) is 11.5 Å². The van der Waals surface area contributed by atoms with Crippen LogP contribution in [0.2, 0.25) is 0 Å². The fourth-order valence-corrected chi connectivity index (χ4v) is 2.26. The summed E-state index contributed by atoms with van der Waals surface area (Å²) in [6.45, 7) is 2.63. The first-order valence-corrected chi connectivity index (χ1v) is 6.17. The molecular formula is C15H16N2O2. The van der Waals surface area contributed by atoms with Gasteiger partial charge in [0.2, 0.25) is 0 Å². The lowest BCUT2D eigenvalue weighted by molar-refractivity contribution is -0.384. The van der Waals surface area contributed by atoms with Gasteiger partial charge in [-0.2, -0.15) is 0 Å². The fraction of sp³-hybridized carbons (Fsp3) is 0.200. The molecule has 0 unspecified atom stereocenters. The van der Waals surface area contributed by atoms with Crippen LogP contribution in [0, 0.1) is 17.0 Å². The number of nitro benzene ring substituents is 1. The van der Waals surface area contributed by atoms with Crippen molar-refractivity contribution in [3.8, 4) is 11.1 Å². The number of benzene rings is 2. The van der Waals surface area contributed by atoms with Gasteiger partial charge in [0.15, 0.2) is 0 Å². The molecule has 0 atom stereocenters. The third-order valence-electron chi connectivity index (χ3n) is 3.14. The van der Waals surface area contributed by atoms with Crippen molar-refractivity contribution in [2.75, 3.05) is 6.54 Å². The zero-order valence-electron chi connectivity index (χ0n) is 10.8. The van der Waals surface area contributed by atoms with E-state index in [-0.39, 0.29) is 10.6 Å². The van der Waals surface area contributed by atoms with Crippen LogP contribution in [-0.2, 0) is 6.42 Å². The topological polar surface area (TPSA) is 69.2 Å². The molecule has 0 radical (unpaired) electrons. The van der Waals surface area contributed by atoms with Crippen LogP contribution in [0.4, 0.5) is 5.69 Å². The van der Waals surface area contributed by atoms with E-state index in [9.17, 15) is 10.1 Å². The van der Waals surface area contributed by atoms with Gasteiger partial charge in [0.1, 0.15) is 0 Å². The molecular weight excluding hydrogens is 240 g/mol. The second kappa shape index (κ2) is 5.63. The van der Waals surface area contributed by atoms with Crippen LogP contribution in [0.5, 0.6) is 0 Å². The monoisotopic (exact) mass is 256 g/mol. The van der Waals surface area contributed by atoms with E-state index < -0.39 is 0 Å². The molecule has 0 aliphatic carbocycles. The minimum absolute atomic E-state index is 0.109. The lowest BCUT2D eigenvalue weighted by Gasteiger charge is -2.12. The Hall–Kier alpha value is -2.20. The van der Waals surface area contributed by atoms with Gasteiger partial charge in [-0.1, -0.05) is 18.2 Å². The van der Waals surface area contributed by atoms with Crippen molar-refractivity contribution >= 4 is 5.69 Å². The molecule has 19 heavy (non-hydrogen) atoms. The number of nitrogens with zero attached hydrogens (tertiary/aromatic N) is 1. The fourth-order valence-electron chi connectivity index (χ4n) is 2.26. The maximum atomic E-state index is 10.7. The SMILES string of the molecule is Cc1cccc(CCN)c1-c1ccc([N+](=O)[O-])cc1. The summed E-state index contributed by atoms with van der Waals surface area (Å²) in [5.41, 5.74) is 10.2. The second-order valence-electron chi connectivity index (χ2n) is 4.45. The third kappa shape index (κ3) is 2.80. The summed E-state index contributed by atoms with van der Waals surface area (Å²) in [7, 11) is 0. The first-order chi connectivity index (χ1) is 9.13. The van der Waals surface area contributed by atoms with Gasteiger partial charge in [0.25, 0.3) is 5.69 Å². The van der Waals surface area contributed by atoms with Crippen molar-refractivity contribution in [1.29, 1.82) is 0 Å². The number of non-ortho nitro benzene ring substituents is 1. The first-order valence-electron chi connectivity index (χ1n) is 6.17. The summed E-state index contributed by atoms with van der Waals surface area (Å²) in [6.07, 6.45) is 0.800. The zero-order valence-corrected chi connectivity index (χ0v) is 10.8. The van der Waals surface area contributed by atoms with Crippen molar-refractivity contribution in [3.05, 3.63) is 63.7 Å². The molecule has 2 N–H and O–H groups in total. The van der Waals surface area contributed by atoms with Gasteiger partial charge in [-0.3, -0.25) is 10.1 Å². The summed E-state index contributed by atoms with van der Waals surface area (Å²) < 4.78 is 0. The number of aryl methyl sites for hydroxylation is 1. The number of hydrogen-bond acceptors (Lipinski definition) is 3. The lowest BCUT2D eigenvalue weighted by Crippen LogP contribution is -2.04. The van der Waals surface area contributed by atoms with Crippen LogP contribution in [0.1, 0.15) is 11.1 Å². The van der Waals surface area contributed by atoms with E-state index in [4.69, 9.17) is 5.73 Å². The molecule has 2 rings (SSSR count). The van der Waals surface area contributed by atoms with Crippen LogP contribution in [0.15, 0.2) is 42.5 Å². The highest BCUT2D eigenvalue weighted by Crippen LogP contribution is 2.29. The molecule has 2 aromatic rings. The molecule has 0 saturated carbocycles. The largest absolute Gasteiger partial charge is 0.330 e. The molecule has 0 aliphatic rings. The summed E-state index contributed by atoms with van der Waals surface area (Å²) in [4.78, 5) is 10.3. The molecule has 0 aromatic heterocycles. The average Bonchev–Trinajstić information content (AvgIpc) is 2.39. The average molecular weight is 256 g/mol. The van der Waals surface area contributed by atoms with E-state index in [2.05, 4.69) is 6.07 Å². The Balaban J connectivity index is 2.48. The molecule has 4 heteroatoms. The normalized spacial score (nSPS) is 10.4. The van der Waals surface area contributed by atoms with E-state index in [1.165, 1.54) is 17.7 Å². The molecule has 0 spiro atoms. The van der Waals surface area contributed by atoms with Gasteiger partial charge >= 0.3 is 0 Å². The molecule has 0 fully saturated rings. The first kappa shape index (κ1) is 13.2.